The molecule has 2 fully saturated rings. The van der Waals surface area contributed by atoms with Crippen molar-refractivity contribution >= 4 is 11.8 Å². The first kappa shape index (κ1) is 16.8. The summed E-state index contributed by atoms with van der Waals surface area (Å²) >= 11 is 0. The largest absolute Gasteiger partial charge is 0.494 e. The number of carbonyl (C=O) groups is 2. The number of nitrogens with one attached hydrogen (secondary N) is 1. The highest BCUT2D eigenvalue weighted by molar-refractivity contribution is 5.80. The lowest BCUT2D eigenvalue weighted by Crippen LogP contribution is -2.53. The molecule has 0 radical (unpaired) electrons. The molecule has 0 bridgehead atoms. The van der Waals surface area contributed by atoms with Crippen molar-refractivity contribution in [3.05, 3.63) is 29.8 Å². The summed E-state index contributed by atoms with van der Waals surface area (Å²) in [6.07, 6.45) is 0.828. The number of hydrogen-bond donors (Lipinski definition) is 1. The molecule has 1 aromatic carbocycles. The van der Waals surface area contributed by atoms with Gasteiger partial charge in [-0.1, -0.05) is 18.2 Å². The number of fused-ring (bicyclic) bond motifs is 1. The molecule has 2 amide bonds. The summed E-state index contributed by atoms with van der Waals surface area (Å²) in [6, 6.07) is 8.25. The molecular weight excluding hydrogens is 306 g/mol. The molecule has 3 rings (SSSR count). The first-order valence-corrected chi connectivity index (χ1v) is 8.56. The average molecular weight is 331 g/mol. The molecule has 0 aromatic heterocycles. The van der Waals surface area contributed by atoms with E-state index >= 15 is 0 Å². The van der Waals surface area contributed by atoms with Crippen LogP contribution >= 0.6 is 0 Å². The van der Waals surface area contributed by atoms with Crippen molar-refractivity contribution in [3.8, 4) is 5.75 Å². The van der Waals surface area contributed by atoms with Gasteiger partial charge in [-0.2, -0.15) is 0 Å². The van der Waals surface area contributed by atoms with E-state index in [1.54, 1.807) is 0 Å². The quantitative estimate of drug-likeness (QED) is 0.875. The zero-order valence-electron chi connectivity index (χ0n) is 14.3. The second-order valence-corrected chi connectivity index (χ2v) is 6.54. The van der Waals surface area contributed by atoms with Crippen molar-refractivity contribution in [3.63, 3.8) is 0 Å². The fourth-order valence-electron chi connectivity index (χ4n) is 3.72. The van der Waals surface area contributed by atoms with Gasteiger partial charge in [0.05, 0.1) is 13.2 Å². The highest BCUT2D eigenvalue weighted by Gasteiger charge is 2.40. The molecule has 2 heterocycles. The highest BCUT2D eigenvalue weighted by atomic mass is 16.5. The van der Waals surface area contributed by atoms with Gasteiger partial charge in [-0.25, -0.2) is 0 Å². The van der Waals surface area contributed by atoms with Crippen LogP contribution in [0.2, 0.25) is 0 Å². The minimum Gasteiger partial charge on any atom is -0.494 e. The Kier molecular flexibility index (Phi) is 5.04. The van der Waals surface area contributed by atoms with Crippen LogP contribution < -0.4 is 10.1 Å². The van der Waals surface area contributed by atoms with Gasteiger partial charge in [0.15, 0.2) is 0 Å². The maximum atomic E-state index is 12.5. The first-order valence-electron chi connectivity index (χ1n) is 8.56. The number of hydrogen-bond acceptors (Lipinski definition) is 4. The van der Waals surface area contributed by atoms with E-state index in [-0.39, 0.29) is 23.9 Å². The Balaban J connectivity index is 1.65. The molecule has 0 aliphatic carbocycles. The molecule has 2 aliphatic rings. The van der Waals surface area contributed by atoms with Gasteiger partial charge in [-0.3, -0.25) is 14.5 Å². The van der Waals surface area contributed by atoms with Crippen LogP contribution in [0, 0.1) is 0 Å². The molecule has 0 unspecified atom stereocenters. The molecule has 1 N–H and O–H groups in total. The number of amides is 2. The van der Waals surface area contributed by atoms with E-state index in [0.29, 0.717) is 26.2 Å². The lowest BCUT2D eigenvalue weighted by Gasteiger charge is -2.37. The average Bonchev–Trinajstić information content (AvgIpc) is 2.91. The lowest BCUT2D eigenvalue weighted by atomic mass is 10.1. The van der Waals surface area contributed by atoms with E-state index in [1.165, 1.54) is 6.92 Å². The van der Waals surface area contributed by atoms with E-state index < -0.39 is 0 Å². The Morgan fingerprint density at radius 2 is 2.12 bits per heavy atom. The Hall–Kier alpha value is -2.08. The number of ether oxygens (including phenoxy) is 1. The summed E-state index contributed by atoms with van der Waals surface area (Å²) in [5.74, 6) is 1.00. The number of rotatable bonds is 5. The van der Waals surface area contributed by atoms with E-state index in [1.807, 2.05) is 30.0 Å². The number of nitrogens with zero attached hydrogens (tertiary/aromatic N) is 2. The van der Waals surface area contributed by atoms with Crippen LogP contribution in [0.1, 0.15) is 25.8 Å². The molecule has 2 saturated heterocycles. The molecule has 24 heavy (non-hydrogen) atoms. The van der Waals surface area contributed by atoms with Gasteiger partial charge < -0.3 is 15.0 Å². The summed E-state index contributed by atoms with van der Waals surface area (Å²) in [6.45, 7) is 6.72. The van der Waals surface area contributed by atoms with Crippen LogP contribution in [0.5, 0.6) is 5.75 Å². The lowest BCUT2D eigenvalue weighted by molar-refractivity contribution is -0.138. The van der Waals surface area contributed by atoms with Crippen LogP contribution in [0.15, 0.2) is 24.3 Å². The fraction of sp³-hybridized carbons (Fsp3) is 0.556. The minimum atomic E-state index is -0.0326. The Bertz CT molecular complexity index is 619. The molecule has 1 aromatic rings. The summed E-state index contributed by atoms with van der Waals surface area (Å²) in [5, 5.41) is 2.94. The molecule has 0 spiro atoms. The van der Waals surface area contributed by atoms with Crippen LogP contribution in [-0.2, 0) is 16.1 Å². The maximum absolute atomic E-state index is 12.5. The van der Waals surface area contributed by atoms with E-state index in [2.05, 4.69) is 16.3 Å². The number of para-hydroxylation sites is 1. The molecule has 2 aliphatic heterocycles. The molecule has 2 atom stereocenters. The van der Waals surface area contributed by atoms with Crippen LogP contribution in [0.4, 0.5) is 0 Å². The summed E-state index contributed by atoms with van der Waals surface area (Å²) in [4.78, 5) is 27.8. The molecule has 130 valence electrons. The third-order valence-corrected chi connectivity index (χ3v) is 4.64. The number of benzene rings is 1. The van der Waals surface area contributed by atoms with Crippen molar-refractivity contribution in [2.24, 2.45) is 0 Å². The highest BCUT2D eigenvalue weighted by Crippen LogP contribution is 2.26. The number of piperazine rings is 1. The predicted octanol–water partition coefficient (Wildman–Crippen LogP) is 1.01. The van der Waals surface area contributed by atoms with Crippen molar-refractivity contribution < 1.29 is 14.3 Å². The molecular formula is C18H25N3O3. The van der Waals surface area contributed by atoms with Crippen molar-refractivity contribution in [2.75, 3.05) is 26.2 Å². The van der Waals surface area contributed by atoms with Gasteiger partial charge in [0.2, 0.25) is 11.8 Å². The first-order chi connectivity index (χ1) is 11.6. The SMILES string of the molecule is CCOc1ccccc1CN1CC(=O)N2C[C@@H](NC(C)=O)C[C@H]2C1. The topological polar surface area (TPSA) is 61.9 Å². The monoisotopic (exact) mass is 331 g/mol. The second-order valence-electron chi connectivity index (χ2n) is 6.54. The van der Waals surface area contributed by atoms with Gasteiger partial charge >= 0.3 is 0 Å². The summed E-state index contributed by atoms with van der Waals surface area (Å²) in [5.41, 5.74) is 1.11. The molecule has 0 saturated carbocycles. The molecule has 6 heteroatoms. The zero-order chi connectivity index (χ0) is 17.1. The van der Waals surface area contributed by atoms with Crippen LogP contribution in [-0.4, -0.2) is 59.9 Å². The third kappa shape index (κ3) is 3.70. The summed E-state index contributed by atoms with van der Waals surface area (Å²) in [7, 11) is 0. The van der Waals surface area contributed by atoms with E-state index in [0.717, 1.165) is 24.3 Å². The fourth-order valence-corrected chi connectivity index (χ4v) is 3.72. The number of carbonyl (C=O) groups excluding carboxylic acids is 2. The third-order valence-electron chi connectivity index (χ3n) is 4.64. The Morgan fingerprint density at radius 1 is 1.33 bits per heavy atom. The van der Waals surface area contributed by atoms with Crippen LogP contribution in [0.25, 0.3) is 0 Å². The normalized spacial score (nSPS) is 23.9. The smallest absolute Gasteiger partial charge is 0.237 e. The zero-order valence-corrected chi connectivity index (χ0v) is 14.3. The van der Waals surface area contributed by atoms with Gasteiger partial charge in [-0.05, 0) is 19.4 Å². The summed E-state index contributed by atoms with van der Waals surface area (Å²) < 4.78 is 5.68. The van der Waals surface area contributed by atoms with Crippen molar-refractivity contribution in [1.29, 1.82) is 0 Å². The van der Waals surface area contributed by atoms with E-state index in [4.69, 9.17) is 4.74 Å². The molecule has 6 nitrogen and oxygen atoms in total. The standard InChI is InChI=1S/C18H25N3O3/c1-3-24-17-7-5-4-6-14(17)9-20-11-16-8-15(19-13(2)22)10-21(16)18(23)12-20/h4-7,15-16H,3,8-12H2,1-2H3,(H,19,22)/t15-,16-/m0/s1. The second kappa shape index (κ2) is 7.21. The van der Waals surface area contributed by atoms with Crippen molar-refractivity contribution in [1.82, 2.24) is 15.1 Å². The van der Waals surface area contributed by atoms with Gasteiger partial charge in [0, 0.05) is 44.2 Å². The predicted molar refractivity (Wildman–Crippen MR) is 90.6 cm³/mol. The van der Waals surface area contributed by atoms with Gasteiger partial charge in [0.1, 0.15) is 5.75 Å². The van der Waals surface area contributed by atoms with Gasteiger partial charge in [-0.15, -0.1) is 0 Å². The van der Waals surface area contributed by atoms with E-state index in [9.17, 15) is 9.59 Å². The van der Waals surface area contributed by atoms with Crippen molar-refractivity contribution in [2.45, 2.75) is 38.9 Å². The van der Waals surface area contributed by atoms with Crippen LogP contribution in [0.3, 0.4) is 0 Å². The minimum absolute atomic E-state index is 0.0326. The van der Waals surface area contributed by atoms with Gasteiger partial charge in [0.25, 0.3) is 0 Å². The maximum Gasteiger partial charge on any atom is 0.237 e. The Labute approximate surface area is 142 Å². The Morgan fingerprint density at radius 3 is 2.88 bits per heavy atom.